The monoisotopic (exact) mass is 564 g/mol. The van der Waals surface area contributed by atoms with Crippen LogP contribution in [0.5, 0.6) is 0 Å². The lowest BCUT2D eigenvalue weighted by molar-refractivity contribution is -0.126. The van der Waals surface area contributed by atoms with Crippen LogP contribution < -0.4 is 10.0 Å². The summed E-state index contributed by atoms with van der Waals surface area (Å²) in [6.45, 7) is 2.03. The van der Waals surface area contributed by atoms with E-state index in [1.807, 2.05) is 48.7 Å². The van der Waals surface area contributed by atoms with E-state index in [1.165, 1.54) is 24.3 Å². The number of aromatic nitrogens is 2. The quantitative estimate of drug-likeness (QED) is 0.249. The number of amides is 1. The molecule has 0 saturated heterocycles. The zero-order valence-corrected chi connectivity index (χ0v) is 23.5. The summed E-state index contributed by atoms with van der Waals surface area (Å²) < 4.78 is 29.7. The summed E-state index contributed by atoms with van der Waals surface area (Å²) in [5.74, 6) is -0.383. The number of para-hydroxylation sites is 1. The zero-order chi connectivity index (χ0) is 27.5. The number of nitrogens with zero attached hydrogens (tertiary/aromatic N) is 1. The van der Waals surface area contributed by atoms with E-state index in [1.54, 1.807) is 13.1 Å². The first-order valence-corrected chi connectivity index (χ1v) is 15.1. The summed E-state index contributed by atoms with van der Waals surface area (Å²) in [6, 6.07) is 19.6. The van der Waals surface area contributed by atoms with Gasteiger partial charge in [-0.15, -0.1) is 0 Å². The number of fused-ring (bicyclic) bond motifs is 1. The molecule has 1 aliphatic rings. The minimum absolute atomic E-state index is 0.0436. The van der Waals surface area contributed by atoms with Crippen LogP contribution in [-0.2, 0) is 26.7 Å². The highest BCUT2D eigenvalue weighted by atomic mass is 35.5. The molecule has 0 radical (unpaired) electrons. The summed E-state index contributed by atoms with van der Waals surface area (Å²) in [6.07, 6.45) is 8.89. The maximum absolute atomic E-state index is 14.0. The fraction of sp³-hybridized carbons (Fsp3) is 0.333. The average Bonchev–Trinajstić information content (AvgIpc) is 3.35. The van der Waals surface area contributed by atoms with Gasteiger partial charge in [-0.1, -0.05) is 55.1 Å². The number of carbonyl (C=O) groups is 1. The maximum Gasteiger partial charge on any atom is 0.241 e. The molecule has 0 bridgehead atoms. The number of sulfonamides is 1. The first-order valence-electron chi connectivity index (χ1n) is 13.3. The van der Waals surface area contributed by atoms with Gasteiger partial charge in [-0.05, 0) is 67.8 Å². The predicted molar refractivity (Wildman–Crippen MR) is 154 cm³/mol. The summed E-state index contributed by atoms with van der Waals surface area (Å²) in [5, 5.41) is 4.51. The van der Waals surface area contributed by atoms with Gasteiger partial charge in [0.2, 0.25) is 15.9 Å². The number of benzene rings is 2. The van der Waals surface area contributed by atoms with Gasteiger partial charge >= 0.3 is 0 Å². The molecule has 1 amide bonds. The SMILES string of the molecule is C[C@@](Cc1c[nH]c2ccccc12)(NS(=O)(=O)c1ccc(Cl)cc1)C(=O)NCC1(c2ccccn2)CCCCC1. The molecule has 0 unspecified atom stereocenters. The van der Waals surface area contributed by atoms with Crippen LogP contribution in [-0.4, -0.2) is 36.4 Å². The van der Waals surface area contributed by atoms with Gasteiger partial charge in [0.15, 0.2) is 0 Å². The van der Waals surface area contributed by atoms with Crippen molar-refractivity contribution in [2.45, 2.75) is 61.3 Å². The average molecular weight is 565 g/mol. The largest absolute Gasteiger partial charge is 0.361 e. The van der Waals surface area contributed by atoms with E-state index < -0.39 is 15.6 Å². The van der Waals surface area contributed by atoms with Gasteiger partial charge in [-0.3, -0.25) is 9.78 Å². The van der Waals surface area contributed by atoms with Crippen LogP contribution in [0.15, 0.2) is 84.0 Å². The number of nitrogens with one attached hydrogen (secondary N) is 3. The molecule has 204 valence electrons. The Hall–Kier alpha value is -3.20. The van der Waals surface area contributed by atoms with E-state index >= 15 is 0 Å². The lowest BCUT2D eigenvalue weighted by atomic mass is 9.71. The van der Waals surface area contributed by atoms with Crippen LogP contribution in [0.3, 0.4) is 0 Å². The second kappa shape index (κ2) is 11.1. The Bertz CT molecular complexity index is 1550. The number of rotatable bonds is 9. The van der Waals surface area contributed by atoms with Gasteiger partial charge in [-0.2, -0.15) is 4.72 Å². The van der Waals surface area contributed by atoms with Crippen molar-refractivity contribution >= 4 is 38.4 Å². The highest BCUT2D eigenvalue weighted by molar-refractivity contribution is 7.89. The van der Waals surface area contributed by atoms with Gasteiger partial charge in [-0.25, -0.2) is 8.42 Å². The van der Waals surface area contributed by atoms with Crippen molar-refractivity contribution in [1.29, 1.82) is 0 Å². The first-order chi connectivity index (χ1) is 18.7. The molecular formula is C30H33ClN4O3S. The molecule has 3 N–H and O–H groups in total. The molecule has 2 heterocycles. The Labute approximate surface area is 234 Å². The Kier molecular flexibility index (Phi) is 7.80. The van der Waals surface area contributed by atoms with Crippen molar-refractivity contribution in [3.63, 3.8) is 0 Å². The van der Waals surface area contributed by atoms with Crippen LogP contribution in [0.4, 0.5) is 0 Å². The molecule has 1 atom stereocenters. The number of H-pyrrole nitrogens is 1. The van der Waals surface area contributed by atoms with Gasteiger partial charge in [0, 0.05) is 52.4 Å². The fourth-order valence-electron chi connectivity index (χ4n) is 5.66. The second-order valence-corrected chi connectivity index (χ2v) is 12.8. The smallest absolute Gasteiger partial charge is 0.241 e. The fourth-order valence-corrected chi connectivity index (χ4v) is 7.16. The molecule has 39 heavy (non-hydrogen) atoms. The van der Waals surface area contributed by atoms with E-state index in [0.29, 0.717) is 11.6 Å². The molecule has 1 aliphatic carbocycles. The van der Waals surface area contributed by atoms with Crippen LogP contribution in [0.25, 0.3) is 10.9 Å². The maximum atomic E-state index is 14.0. The van der Waals surface area contributed by atoms with Gasteiger partial charge in [0.25, 0.3) is 0 Å². The summed E-state index contributed by atoms with van der Waals surface area (Å²) in [7, 11) is -4.04. The van der Waals surface area contributed by atoms with Crippen LogP contribution in [0, 0.1) is 0 Å². The van der Waals surface area contributed by atoms with Gasteiger partial charge < -0.3 is 10.3 Å². The lowest BCUT2D eigenvalue weighted by Gasteiger charge is -2.38. The lowest BCUT2D eigenvalue weighted by Crippen LogP contribution is -2.59. The predicted octanol–water partition coefficient (Wildman–Crippen LogP) is 5.51. The molecule has 0 spiro atoms. The minimum Gasteiger partial charge on any atom is -0.361 e. The second-order valence-electron chi connectivity index (χ2n) is 10.7. The summed E-state index contributed by atoms with van der Waals surface area (Å²) >= 11 is 5.99. The Morgan fingerprint density at radius 2 is 1.74 bits per heavy atom. The van der Waals surface area contributed by atoms with Gasteiger partial charge in [0.1, 0.15) is 5.54 Å². The molecule has 1 fully saturated rings. The van der Waals surface area contributed by atoms with Crippen LogP contribution >= 0.6 is 11.6 Å². The number of pyridine rings is 1. The molecule has 0 aliphatic heterocycles. The molecule has 7 nitrogen and oxygen atoms in total. The zero-order valence-electron chi connectivity index (χ0n) is 21.9. The Morgan fingerprint density at radius 1 is 1.03 bits per heavy atom. The van der Waals surface area contributed by atoms with Crippen molar-refractivity contribution < 1.29 is 13.2 Å². The van der Waals surface area contributed by atoms with Crippen molar-refractivity contribution in [3.8, 4) is 0 Å². The summed E-state index contributed by atoms with van der Waals surface area (Å²) in [5.41, 5.74) is 0.978. The third-order valence-corrected chi connectivity index (χ3v) is 9.67. The molecule has 4 aromatic rings. The highest BCUT2D eigenvalue weighted by Crippen LogP contribution is 2.38. The van der Waals surface area contributed by atoms with Crippen LogP contribution in [0.2, 0.25) is 5.02 Å². The van der Waals surface area contributed by atoms with Gasteiger partial charge in [0.05, 0.1) is 4.90 Å². The number of hydrogen-bond donors (Lipinski definition) is 3. The molecule has 1 saturated carbocycles. The van der Waals surface area contributed by atoms with Crippen molar-refractivity contribution in [2.24, 2.45) is 0 Å². The summed E-state index contributed by atoms with van der Waals surface area (Å²) in [4.78, 5) is 21.9. The van der Waals surface area contributed by atoms with Crippen molar-refractivity contribution in [1.82, 2.24) is 20.0 Å². The molecular weight excluding hydrogens is 532 g/mol. The van der Waals surface area contributed by atoms with Crippen molar-refractivity contribution in [2.75, 3.05) is 6.54 Å². The number of halogens is 1. The molecule has 5 rings (SSSR count). The number of carbonyl (C=O) groups excluding carboxylic acids is 1. The van der Waals surface area contributed by atoms with E-state index in [4.69, 9.17) is 11.6 Å². The highest BCUT2D eigenvalue weighted by Gasteiger charge is 2.41. The molecule has 2 aromatic heterocycles. The van der Waals surface area contributed by atoms with E-state index in [2.05, 4.69) is 20.0 Å². The normalized spacial score (nSPS) is 17.0. The Balaban J connectivity index is 1.46. The third-order valence-electron chi connectivity index (χ3n) is 7.81. The Morgan fingerprint density at radius 3 is 2.46 bits per heavy atom. The van der Waals surface area contributed by atoms with Crippen molar-refractivity contribution in [3.05, 3.63) is 95.4 Å². The van der Waals surface area contributed by atoms with E-state index in [-0.39, 0.29) is 22.6 Å². The third kappa shape index (κ3) is 5.88. The first kappa shape index (κ1) is 27.4. The standard InChI is InChI=1S/C30H33ClN4O3S/c1-29(19-22-20-33-26-10-4-3-9-25(22)26,35-39(37,38)24-14-12-23(31)13-15-24)28(36)34-21-30(16-6-2-7-17-30)27-11-5-8-18-32-27/h3-5,8-15,18,20,33,35H,2,6-7,16-17,19,21H2,1H3,(H,34,36)/t29-/m0/s1. The number of aromatic amines is 1. The van der Waals surface area contributed by atoms with Crippen LogP contribution in [0.1, 0.15) is 50.3 Å². The molecule has 2 aromatic carbocycles. The topological polar surface area (TPSA) is 104 Å². The molecule has 9 heteroatoms. The number of hydrogen-bond acceptors (Lipinski definition) is 4. The van der Waals surface area contributed by atoms with E-state index in [9.17, 15) is 13.2 Å². The van der Waals surface area contributed by atoms with E-state index in [0.717, 1.165) is 54.3 Å². The minimum atomic E-state index is -4.04.